The first-order valence-electron chi connectivity index (χ1n) is 8.64. The fourth-order valence-electron chi connectivity index (χ4n) is 1.99. The Morgan fingerprint density at radius 1 is 0.727 bits per heavy atom. The average molecular weight is 346 g/mol. The van der Waals surface area contributed by atoms with Crippen LogP contribution in [0.1, 0.15) is 41.5 Å². The minimum Gasteiger partial charge on any atom is -0.416 e. The zero-order valence-electron chi connectivity index (χ0n) is 16.5. The minimum atomic E-state index is -1.66. The van der Waals surface area contributed by atoms with Crippen LogP contribution in [-0.4, -0.2) is 35.9 Å². The van der Waals surface area contributed by atoms with Crippen LogP contribution in [0, 0.1) is 11.8 Å². The zero-order valence-corrected chi connectivity index (χ0v) is 18.5. The van der Waals surface area contributed by atoms with Crippen molar-refractivity contribution < 1.29 is 8.85 Å². The highest BCUT2D eigenvalue weighted by atomic mass is 28.4. The van der Waals surface area contributed by atoms with Gasteiger partial charge < -0.3 is 14.6 Å². The average Bonchev–Trinajstić information content (AvgIpc) is 2.91. The molecule has 0 bridgehead atoms. The maximum atomic E-state index is 6.33. The fraction of sp³-hybridized carbons (Fsp3) is 1.00. The van der Waals surface area contributed by atoms with E-state index in [-0.39, 0.29) is 16.1 Å². The number of hydrogen-bond acceptors (Lipinski definition) is 3. The summed E-state index contributed by atoms with van der Waals surface area (Å²) >= 11 is 0. The Labute approximate surface area is 140 Å². The van der Waals surface area contributed by atoms with E-state index in [1.54, 1.807) is 0 Å². The third-order valence-corrected chi connectivity index (χ3v) is 15.3. The van der Waals surface area contributed by atoms with Crippen LogP contribution in [0.3, 0.4) is 0 Å². The normalized spacial score (nSPS) is 27.1. The molecule has 1 rings (SSSR count). The molecule has 1 aliphatic rings. The van der Waals surface area contributed by atoms with Crippen molar-refractivity contribution in [1.82, 2.24) is 0 Å². The summed E-state index contributed by atoms with van der Waals surface area (Å²) in [5, 5.41) is 0.526. The molecule has 5 heteroatoms. The van der Waals surface area contributed by atoms with Crippen molar-refractivity contribution in [3.05, 3.63) is 0 Å². The summed E-state index contributed by atoms with van der Waals surface area (Å²) < 4.78 is 12.7. The molecule has 2 N–H and O–H groups in total. The SMILES string of the molecule is CC(C)(C)[Si](C)(C)OC[C@H]1C(N)[C@@H]1CO[Si](C)(C)C(C)(C)C. The molecule has 3 nitrogen and oxygen atoms in total. The first-order chi connectivity index (χ1) is 9.60. The first-order valence-corrected chi connectivity index (χ1v) is 14.5. The summed E-state index contributed by atoms with van der Waals surface area (Å²) in [5.41, 5.74) is 6.26. The van der Waals surface area contributed by atoms with E-state index in [1.165, 1.54) is 0 Å². The van der Waals surface area contributed by atoms with E-state index in [0.29, 0.717) is 11.8 Å². The minimum absolute atomic E-state index is 0.259. The lowest BCUT2D eigenvalue weighted by atomic mass is 10.2. The van der Waals surface area contributed by atoms with Crippen LogP contribution in [0.4, 0.5) is 0 Å². The molecule has 1 saturated carbocycles. The lowest BCUT2D eigenvalue weighted by Gasteiger charge is -2.36. The van der Waals surface area contributed by atoms with Crippen molar-refractivity contribution in [1.29, 1.82) is 0 Å². The van der Waals surface area contributed by atoms with Gasteiger partial charge in [-0.3, -0.25) is 0 Å². The summed E-state index contributed by atoms with van der Waals surface area (Å²) in [6.45, 7) is 24.5. The van der Waals surface area contributed by atoms with E-state index in [4.69, 9.17) is 14.6 Å². The lowest BCUT2D eigenvalue weighted by molar-refractivity contribution is 0.233. The Balaban J connectivity index is 2.46. The molecule has 0 unspecified atom stereocenters. The molecule has 0 saturated heterocycles. The molecule has 22 heavy (non-hydrogen) atoms. The zero-order chi connectivity index (χ0) is 17.6. The van der Waals surface area contributed by atoms with Gasteiger partial charge in [-0.15, -0.1) is 0 Å². The molecule has 0 aromatic rings. The van der Waals surface area contributed by atoms with E-state index in [2.05, 4.69) is 67.7 Å². The van der Waals surface area contributed by atoms with Gasteiger partial charge in [0, 0.05) is 31.1 Å². The highest BCUT2D eigenvalue weighted by molar-refractivity contribution is 6.74. The molecule has 1 aliphatic carbocycles. The Morgan fingerprint density at radius 3 is 1.23 bits per heavy atom. The predicted molar refractivity (Wildman–Crippen MR) is 101 cm³/mol. The lowest BCUT2D eigenvalue weighted by Crippen LogP contribution is -2.42. The van der Waals surface area contributed by atoms with Crippen LogP contribution in [0.2, 0.25) is 36.3 Å². The molecule has 0 radical (unpaired) electrons. The van der Waals surface area contributed by atoms with Crippen LogP contribution < -0.4 is 5.73 Å². The van der Waals surface area contributed by atoms with Gasteiger partial charge in [0.15, 0.2) is 16.6 Å². The second kappa shape index (κ2) is 6.32. The van der Waals surface area contributed by atoms with Gasteiger partial charge >= 0.3 is 0 Å². The summed E-state index contributed by atoms with van der Waals surface area (Å²) in [5.74, 6) is 0.970. The first kappa shape index (κ1) is 20.4. The molecule has 0 amide bonds. The van der Waals surface area contributed by atoms with Gasteiger partial charge in [-0.1, -0.05) is 41.5 Å². The monoisotopic (exact) mass is 345 g/mol. The van der Waals surface area contributed by atoms with Crippen LogP contribution in [0.15, 0.2) is 0 Å². The van der Waals surface area contributed by atoms with Crippen LogP contribution in [0.25, 0.3) is 0 Å². The largest absolute Gasteiger partial charge is 0.416 e. The standard InChI is InChI=1S/C17H39NO2Si2/c1-16(2,3)21(7,8)19-11-13-14(15(13)18)12-20-22(9,10)17(4,5)6/h13-15H,11-12,18H2,1-10H3/t13-,14-/m1/s1. The smallest absolute Gasteiger partial charge is 0.191 e. The van der Waals surface area contributed by atoms with Gasteiger partial charge in [0.2, 0.25) is 0 Å². The van der Waals surface area contributed by atoms with Crippen LogP contribution in [0.5, 0.6) is 0 Å². The molecule has 0 heterocycles. The van der Waals surface area contributed by atoms with E-state index in [0.717, 1.165) is 13.2 Å². The predicted octanol–water partition coefficient (Wildman–Crippen LogP) is 4.60. The van der Waals surface area contributed by atoms with Gasteiger partial charge in [0.1, 0.15) is 0 Å². The summed E-state index contributed by atoms with van der Waals surface area (Å²) in [6, 6.07) is 0.259. The second-order valence-corrected chi connectivity index (χ2v) is 19.7. The highest BCUT2D eigenvalue weighted by Gasteiger charge is 2.50. The highest BCUT2D eigenvalue weighted by Crippen LogP contribution is 2.43. The van der Waals surface area contributed by atoms with Gasteiger partial charge in [-0.2, -0.15) is 0 Å². The van der Waals surface area contributed by atoms with Crippen molar-refractivity contribution in [2.24, 2.45) is 17.6 Å². The van der Waals surface area contributed by atoms with E-state index in [1.807, 2.05) is 0 Å². The van der Waals surface area contributed by atoms with Crippen LogP contribution in [-0.2, 0) is 8.85 Å². The number of hydrogen-bond donors (Lipinski definition) is 1. The van der Waals surface area contributed by atoms with E-state index >= 15 is 0 Å². The van der Waals surface area contributed by atoms with Crippen molar-refractivity contribution in [3.63, 3.8) is 0 Å². The van der Waals surface area contributed by atoms with Crippen molar-refractivity contribution in [2.75, 3.05) is 13.2 Å². The fourth-order valence-corrected chi connectivity index (χ4v) is 4.07. The van der Waals surface area contributed by atoms with E-state index < -0.39 is 16.6 Å². The molecule has 0 spiro atoms. The molecule has 0 aromatic heterocycles. The summed E-state index contributed by atoms with van der Waals surface area (Å²) in [7, 11) is -3.33. The number of rotatable bonds is 6. The van der Waals surface area contributed by atoms with E-state index in [9.17, 15) is 0 Å². The maximum absolute atomic E-state index is 6.33. The van der Waals surface area contributed by atoms with Gasteiger partial charge in [0.05, 0.1) is 0 Å². The molecule has 2 atom stereocenters. The maximum Gasteiger partial charge on any atom is 0.191 e. The Morgan fingerprint density at radius 2 is 1.00 bits per heavy atom. The molecule has 1 fully saturated rings. The number of nitrogens with two attached hydrogens (primary N) is 1. The molecule has 132 valence electrons. The summed E-state index contributed by atoms with van der Waals surface area (Å²) in [4.78, 5) is 0. The summed E-state index contributed by atoms with van der Waals surface area (Å²) in [6.07, 6.45) is 0. The van der Waals surface area contributed by atoms with Crippen molar-refractivity contribution >= 4 is 16.6 Å². The Kier molecular flexibility index (Phi) is 5.85. The molecular weight excluding hydrogens is 306 g/mol. The molecule has 0 aromatic carbocycles. The third kappa shape index (κ3) is 4.66. The van der Waals surface area contributed by atoms with Gasteiger partial charge in [-0.05, 0) is 36.3 Å². The van der Waals surface area contributed by atoms with Crippen molar-refractivity contribution in [3.8, 4) is 0 Å². The quantitative estimate of drug-likeness (QED) is 0.715. The second-order valence-electron chi connectivity index (χ2n) is 10.0. The Hall–Kier alpha value is 0.314. The third-order valence-electron chi connectivity index (χ3n) is 6.28. The van der Waals surface area contributed by atoms with Crippen LogP contribution >= 0.6 is 0 Å². The molecule has 0 aliphatic heterocycles. The Bertz CT molecular complexity index is 347. The van der Waals surface area contributed by atoms with Crippen molar-refractivity contribution in [2.45, 2.75) is 83.8 Å². The topological polar surface area (TPSA) is 44.5 Å². The van der Waals surface area contributed by atoms with Gasteiger partial charge in [-0.25, -0.2) is 0 Å². The van der Waals surface area contributed by atoms with Gasteiger partial charge in [0.25, 0.3) is 0 Å². The molecular formula is C17H39NO2Si2.